The van der Waals surface area contributed by atoms with Crippen LogP contribution in [0.2, 0.25) is 0 Å². The summed E-state index contributed by atoms with van der Waals surface area (Å²) in [5.41, 5.74) is 1.51. The van der Waals surface area contributed by atoms with E-state index in [2.05, 4.69) is 25.9 Å². The monoisotopic (exact) mass is 570 g/mol. The predicted octanol–water partition coefficient (Wildman–Crippen LogP) is 4.65. The van der Waals surface area contributed by atoms with Gasteiger partial charge in [0.2, 0.25) is 12.3 Å². The van der Waals surface area contributed by atoms with Gasteiger partial charge in [0.15, 0.2) is 11.7 Å². The molecule has 1 amide bonds. The number of benzene rings is 1. The van der Waals surface area contributed by atoms with Crippen LogP contribution in [0.25, 0.3) is 11.3 Å². The van der Waals surface area contributed by atoms with Crippen molar-refractivity contribution >= 4 is 17.8 Å². The number of nitrogen functional groups attached to an aromatic ring is 1. The molecule has 0 saturated heterocycles. The minimum absolute atomic E-state index is 0.0352. The molecule has 3 rings (SSSR count). The molecule has 0 bridgehead atoms. The Morgan fingerprint density at radius 1 is 1.12 bits per heavy atom. The van der Waals surface area contributed by atoms with Crippen LogP contribution >= 0.6 is 0 Å². The van der Waals surface area contributed by atoms with Crippen LogP contribution in [0.4, 0.5) is 33.3 Å². The highest BCUT2D eigenvalue weighted by atomic mass is 19.4. The molecule has 0 radical (unpaired) electrons. The molecule has 0 aliphatic carbocycles. The molecule has 0 fully saturated rings. The quantitative estimate of drug-likeness (QED) is 0.101. The lowest BCUT2D eigenvalue weighted by atomic mass is 9.96. The molecule has 1 unspecified atom stereocenters. The van der Waals surface area contributed by atoms with E-state index in [1.54, 1.807) is 13.8 Å². The molecule has 0 aliphatic rings. The number of anilines is 2. The van der Waals surface area contributed by atoms with Gasteiger partial charge in [-0.15, -0.1) is 0 Å². The lowest BCUT2D eigenvalue weighted by Crippen LogP contribution is -2.29. The molecule has 0 aliphatic heterocycles. The number of oxazole rings is 1. The molecule has 1 aromatic carbocycles. The van der Waals surface area contributed by atoms with E-state index in [1.165, 1.54) is 13.1 Å². The normalized spacial score (nSPS) is 12.3. The van der Waals surface area contributed by atoms with Crippen molar-refractivity contribution in [1.29, 1.82) is 0 Å². The van der Waals surface area contributed by atoms with Gasteiger partial charge < -0.3 is 30.8 Å². The topological polar surface area (TPSA) is 127 Å². The zero-order valence-corrected chi connectivity index (χ0v) is 22.4. The third-order valence-electron chi connectivity index (χ3n) is 6.08. The number of ether oxygens (including phenoxy) is 1. The molecule has 0 saturated carbocycles. The van der Waals surface area contributed by atoms with Gasteiger partial charge in [0.1, 0.15) is 17.3 Å². The van der Waals surface area contributed by atoms with Gasteiger partial charge in [0, 0.05) is 31.1 Å². The zero-order chi connectivity index (χ0) is 29.6. The maximum Gasteiger partial charge on any atom is 0.417 e. The molecular weight excluding hydrogens is 539 g/mol. The number of hydrogen-bond acceptors (Lipinski definition) is 8. The highest BCUT2D eigenvalue weighted by molar-refractivity contribution is 5.76. The van der Waals surface area contributed by atoms with Crippen molar-refractivity contribution in [3.8, 4) is 17.1 Å². The molecule has 2 heterocycles. The number of alkyl halides is 3. The number of amides is 1. The summed E-state index contributed by atoms with van der Waals surface area (Å²) < 4.78 is 84.0. The lowest BCUT2D eigenvalue weighted by Gasteiger charge is -2.22. The van der Waals surface area contributed by atoms with E-state index in [0.29, 0.717) is 44.1 Å². The zero-order valence-electron chi connectivity index (χ0n) is 22.4. The first-order valence-electron chi connectivity index (χ1n) is 12.4. The second kappa shape index (κ2) is 12.9. The van der Waals surface area contributed by atoms with Crippen LogP contribution < -0.4 is 26.4 Å². The number of nitrogens with zero attached hydrogens (tertiary/aromatic N) is 2. The average Bonchev–Trinajstić information content (AvgIpc) is 3.30. The fourth-order valence-corrected chi connectivity index (χ4v) is 4.06. The summed E-state index contributed by atoms with van der Waals surface area (Å²) in [6.45, 7) is 7.19. The number of nitrogens with two attached hydrogens (primary N) is 1. The van der Waals surface area contributed by atoms with Gasteiger partial charge in [0.25, 0.3) is 0 Å². The van der Waals surface area contributed by atoms with E-state index in [4.69, 9.17) is 14.9 Å². The largest absolute Gasteiger partial charge is 0.474 e. The van der Waals surface area contributed by atoms with E-state index in [0.717, 1.165) is 13.0 Å². The van der Waals surface area contributed by atoms with Gasteiger partial charge in [-0.3, -0.25) is 4.79 Å². The Morgan fingerprint density at radius 3 is 2.48 bits per heavy atom. The highest BCUT2D eigenvalue weighted by Crippen LogP contribution is 2.44. The van der Waals surface area contributed by atoms with E-state index < -0.39 is 52.0 Å². The molecule has 3 aromatic rings. The first-order valence-corrected chi connectivity index (χ1v) is 12.4. The summed E-state index contributed by atoms with van der Waals surface area (Å²) in [4.78, 5) is 18.4. The van der Waals surface area contributed by atoms with Crippen molar-refractivity contribution in [3.05, 3.63) is 52.2 Å². The predicted molar refractivity (Wildman–Crippen MR) is 139 cm³/mol. The van der Waals surface area contributed by atoms with Crippen LogP contribution in [0, 0.1) is 32.4 Å². The van der Waals surface area contributed by atoms with Crippen molar-refractivity contribution in [2.24, 2.45) is 0 Å². The van der Waals surface area contributed by atoms with Gasteiger partial charge in [-0.25, -0.2) is 18.7 Å². The fourth-order valence-electron chi connectivity index (χ4n) is 4.06. The van der Waals surface area contributed by atoms with Crippen molar-refractivity contribution < 1.29 is 35.9 Å². The Balaban J connectivity index is 2.05. The molecule has 14 heteroatoms. The number of carbonyl (C=O) groups excluding carboxylic acids is 1. The maximum atomic E-state index is 16.0. The van der Waals surface area contributed by atoms with Gasteiger partial charge >= 0.3 is 6.18 Å². The Kier molecular flexibility index (Phi) is 9.90. The molecule has 2 aromatic heterocycles. The minimum Gasteiger partial charge on any atom is -0.474 e. The molecule has 40 heavy (non-hydrogen) atoms. The summed E-state index contributed by atoms with van der Waals surface area (Å²) in [7, 11) is 0. The highest BCUT2D eigenvalue weighted by Gasteiger charge is 2.39. The standard InChI is InChI=1S/C26H31F5N6O3/c1-13(5-6-33-7-8-34-12-38)39-25-15(3)23(36-11-17-10-35-16(4)40-17)22(28)24(37-25)18-9-19(32)21(27)14(2)20(18)26(29,30)31/h9-10,12-13,33H,5-8,11,32H2,1-4H3,(H,34,38)(H,36,37). The van der Waals surface area contributed by atoms with Crippen LogP contribution in [0.5, 0.6) is 5.88 Å². The van der Waals surface area contributed by atoms with Crippen LogP contribution in [-0.4, -0.2) is 42.1 Å². The van der Waals surface area contributed by atoms with Crippen LogP contribution in [0.3, 0.4) is 0 Å². The van der Waals surface area contributed by atoms with E-state index >= 15 is 4.39 Å². The van der Waals surface area contributed by atoms with E-state index in [9.17, 15) is 22.4 Å². The number of hydrogen-bond donors (Lipinski definition) is 4. The van der Waals surface area contributed by atoms with E-state index in [1.807, 2.05) is 0 Å². The molecule has 5 N–H and O–H groups in total. The smallest absolute Gasteiger partial charge is 0.417 e. The van der Waals surface area contributed by atoms with Gasteiger partial charge in [0.05, 0.1) is 35.8 Å². The Labute approximate surface area is 227 Å². The Bertz CT molecular complexity index is 1350. The lowest BCUT2D eigenvalue weighted by molar-refractivity contribution is -0.137. The number of pyridine rings is 1. The summed E-state index contributed by atoms with van der Waals surface area (Å²) >= 11 is 0. The number of nitrogens with one attached hydrogen (secondary N) is 3. The SMILES string of the molecule is Cc1ncc(CNc2c(C)c(OC(C)CCNCCNC=O)nc(-c3cc(N)c(F)c(C)c3C(F)(F)F)c2F)o1. The number of aromatic nitrogens is 2. The number of aryl methyl sites for hydroxylation is 1. The third-order valence-corrected chi connectivity index (χ3v) is 6.08. The summed E-state index contributed by atoms with van der Waals surface area (Å²) in [5, 5.41) is 8.47. The van der Waals surface area contributed by atoms with Gasteiger partial charge in [-0.05, 0) is 45.4 Å². The maximum absolute atomic E-state index is 16.0. The van der Waals surface area contributed by atoms with Gasteiger partial charge in [-0.2, -0.15) is 13.2 Å². The molecule has 218 valence electrons. The van der Waals surface area contributed by atoms with Crippen molar-refractivity contribution in [2.45, 2.75) is 52.9 Å². The first-order chi connectivity index (χ1) is 18.8. The first kappa shape index (κ1) is 30.6. The Morgan fingerprint density at radius 2 is 1.85 bits per heavy atom. The average molecular weight is 571 g/mol. The molecule has 1 atom stereocenters. The van der Waals surface area contributed by atoms with E-state index in [-0.39, 0.29) is 23.7 Å². The third kappa shape index (κ3) is 7.17. The fraction of sp³-hybridized carbons (Fsp3) is 0.423. The number of halogens is 5. The number of carbonyl (C=O) groups is 1. The Hall–Kier alpha value is -3.94. The second-order valence-electron chi connectivity index (χ2n) is 9.14. The van der Waals surface area contributed by atoms with Gasteiger partial charge in [-0.1, -0.05) is 0 Å². The number of rotatable bonds is 13. The van der Waals surface area contributed by atoms with Crippen molar-refractivity contribution in [3.63, 3.8) is 0 Å². The second-order valence-corrected chi connectivity index (χ2v) is 9.14. The molecule has 9 nitrogen and oxygen atoms in total. The van der Waals surface area contributed by atoms with Crippen LogP contribution in [0.15, 0.2) is 16.7 Å². The minimum atomic E-state index is -5.03. The summed E-state index contributed by atoms with van der Waals surface area (Å²) in [6, 6.07) is 0.722. The summed E-state index contributed by atoms with van der Waals surface area (Å²) in [6.07, 6.45) is -3.03. The van der Waals surface area contributed by atoms with Crippen molar-refractivity contribution in [1.82, 2.24) is 20.6 Å². The van der Waals surface area contributed by atoms with Crippen molar-refractivity contribution in [2.75, 3.05) is 30.7 Å². The molecular formula is C26H31F5N6O3. The summed E-state index contributed by atoms with van der Waals surface area (Å²) in [5.74, 6) is -1.72. The van der Waals surface area contributed by atoms with Crippen LogP contribution in [-0.2, 0) is 17.5 Å². The molecule has 0 spiro atoms. The van der Waals surface area contributed by atoms with Crippen LogP contribution in [0.1, 0.15) is 41.7 Å².